The van der Waals surface area contributed by atoms with Crippen molar-refractivity contribution in [3.05, 3.63) is 0 Å². The third-order valence-corrected chi connectivity index (χ3v) is 6.98. The van der Waals surface area contributed by atoms with Gasteiger partial charge in [0.2, 0.25) is 5.91 Å². The molecule has 0 aromatic heterocycles. The summed E-state index contributed by atoms with van der Waals surface area (Å²) in [4.78, 5) is 14.9. The Bertz CT molecular complexity index is 387. The molecule has 0 aromatic carbocycles. The van der Waals surface area contributed by atoms with Crippen LogP contribution in [-0.2, 0) is 4.79 Å². The minimum Gasteiger partial charge on any atom is -0.393 e. The first-order chi connectivity index (χ1) is 16.2. The Kier molecular flexibility index (Phi) is 25.6. The Morgan fingerprint density at radius 2 is 0.909 bits per heavy atom. The van der Waals surface area contributed by atoms with Crippen molar-refractivity contribution in [3.63, 3.8) is 0 Å². The molecule has 0 aliphatic heterocycles. The molecule has 0 aliphatic rings. The third kappa shape index (κ3) is 23.0. The summed E-state index contributed by atoms with van der Waals surface area (Å²) in [5.41, 5.74) is 0. The zero-order valence-corrected chi connectivity index (χ0v) is 23.1. The van der Waals surface area contributed by atoms with Gasteiger partial charge in [-0.3, -0.25) is 4.79 Å². The fourth-order valence-electron chi connectivity index (χ4n) is 4.65. The summed E-state index contributed by atoms with van der Waals surface area (Å²) >= 11 is 0. The molecule has 198 valence electrons. The lowest BCUT2D eigenvalue weighted by atomic mass is 10.0. The van der Waals surface area contributed by atoms with E-state index in [0.717, 1.165) is 64.5 Å². The van der Waals surface area contributed by atoms with Gasteiger partial charge >= 0.3 is 0 Å². The predicted molar refractivity (Wildman–Crippen MR) is 146 cm³/mol. The molecule has 1 amide bonds. The Morgan fingerprint density at radius 1 is 0.545 bits per heavy atom. The highest BCUT2D eigenvalue weighted by Crippen LogP contribution is 2.15. The molecule has 0 rings (SSSR count). The van der Waals surface area contributed by atoms with Gasteiger partial charge in [0.25, 0.3) is 0 Å². The van der Waals surface area contributed by atoms with Crippen molar-refractivity contribution in [2.24, 2.45) is 0 Å². The van der Waals surface area contributed by atoms with Gasteiger partial charge in [-0.15, -0.1) is 0 Å². The van der Waals surface area contributed by atoms with Gasteiger partial charge in [0, 0.05) is 19.5 Å². The normalized spacial score (nSPS) is 12.2. The van der Waals surface area contributed by atoms with E-state index in [1.54, 1.807) is 0 Å². The molecule has 33 heavy (non-hydrogen) atoms. The summed E-state index contributed by atoms with van der Waals surface area (Å²) in [6, 6.07) is 0. The number of unbranched alkanes of at least 4 members (excludes halogenated alkanes) is 16. The Balaban J connectivity index is 3.76. The van der Waals surface area contributed by atoms with Crippen molar-refractivity contribution in [2.75, 3.05) is 13.1 Å². The second-order valence-electron chi connectivity index (χ2n) is 10.4. The standard InChI is InChI=1S/C30H61NO2/c1-4-7-10-13-14-16-19-24-29(32)25-20-17-15-18-21-26-30(33)31(27-22-11-8-5-2)28-23-12-9-6-3/h29,32H,4-28H2,1-3H3. The Morgan fingerprint density at radius 3 is 1.36 bits per heavy atom. The minimum atomic E-state index is -0.101. The summed E-state index contributed by atoms with van der Waals surface area (Å²) in [6.45, 7) is 8.66. The molecule has 0 bridgehead atoms. The smallest absolute Gasteiger partial charge is 0.222 e. The van der Waals surface area contributed by atoms with Crippen molar-refractivity contribution in [2.45, 2.75) is 175 Å². The summed E-state index contributed by atoms with van der Waals surface area (Å²) in [5.74, 6) is 0.383. The SMILES string of the molecule is CCCCCCCCCC(O)CCCCCCCC(=O)N(CCCCCC)CCCCCC. The Hall–Kier alpha value is -0.570. The largest absolute Gasteiger partial charge is 0.393 e. The van der Waals surface area contributed by atoms with Crippen LogP contribution in [0.25, 0.3) is 0 Å². The molecule has 0 saturated carbocycles. The van der Waals surface area contributed by atoms with Crippen LogP contribution in [0, 0.1) is 0 Å². The van der Waals surface area contributed by atoms with E-state index in [2.05, 4.69) is 25.7 Å². The van der Waals surface area contributed by atoms with Crippen LogP contribution in [0.1, 0.15) is 168 Å². The molecule has 0 saturated heterocycles. The van der Waals surface area contributed by atoms with E-state index < -0.39 is 0 Å². The first kappa shape index (κ1) is 32.4. The molecule has 1 atom stereocenters. The molecule has 1 N–H and O–H groups in total. The van der Waals surface area contributed by atoms with E-state index in [1.807, 2.05) is 0 Å². The third-order valence-electron chi connectivity index (χ3n) is 6.98. The van der Waals surface area contributed by atoms with Gasteiger partial charge < -0.3 is 10.0 Å². The van der Waals surface area contributed by atoms with Crippen molar-refractivity contribution in [1.82, 2.24) is 4.90 Å². The second-order valence-corrected chi connectivity index (χ2v) is 10.4. The van der Waals surface area contributed by atoms with Crippen LogP contribution in [0.4, 0.5) is 0 Å². The molecule has 0 aromatic rings. The molecule has 0 spiro atoms. The van der Waals surface area contributed by atoms with Crippen molar-refractivity contribution < 1.29 is 9.90 Å². The van der Waals surface area contributed by atoms with E-state index in [1.165, 1.54) is 96.3 Å². The van der Waals surface area contributed by atoms with Gasteiger partial charge in [-0.25, -0.2) is 0 Å². The number of carbonyl (C=O) groups is 1. The molecule has 0 fully saturated rings. The van der Waals surface area contributed by atoms with E-state index in [4.69, 9.17) is 0 Å². The monoisotopic (exact) mass is 467 g/mol. The number of nitrogens with zero attached hydrogens (tertiary/aromatic N) is 1. The number of aliphatic hydroxyl groups is 1. The van der Waals surface area contributed by atoms with Crippen LogP contribution in [0.2, 0.25) is 0 Å². The Labute approximate surface area is 208 Å². The lowest BCUT2D eigenvalue weighted by molar-refractivity contribution is -0.131. The highest BCUT2D eigenvalue weighted by molar-refractivity contribution is 5.76. The number of hydrogen-bond donors (Lipinski definition) is 1. The molecule has 3 nitrogen and oxygen atoms in total. The summed E-state index contributed by atoms with van der Waals surface area (Å²) in [6.07, 6.45) is 27.4. The maximum absolute atomic E-state index is 12.7. The number of hydrogen-bond acceptors (Lipinski definition) is 2. The van der Waals surface area contributed by atoms with Gasteiger partial charge in [-0.2, -0.15) is 0 Å². The number of carbonyl (C=O) groups excluding carboxylic acids is 1. The van der Waals surface area contributed by atoms with Gasteiger partial charge in [-0.1, -0.05) is 130 Å². The molecular weight excluding hydrogens is 406 g/mol. The molecule has 0 radical (unpaired) electrons. The van der Waals surface area contributed by atoms with E-state index in [9.17, 15) is 9.90 Å². The second kappa shape index (κ2) is 26.0. The minimum absolute atomic E-state index is 0.101. The average molecular weight is 468 g/mol. The molecule has 0 heterocycles. The van der Waals surface area contributed by atoms with E-state index in [0.29, 0.717) is 5.91 Å². The zero-order chi connectivity index (χ0) is 24.4. The van der Waals surface area contributed by atoms with Gasteiger partial charge in [0.1, 0.15) is 0 Å². The summed E-state index contributed by atoms with van der Waals surface area (Å²) in [7, 11) is 0. The maximum atomic E-state index is 12.7. The molecule has 1 unspecified atom stereocenters. The van der Waals surface area contributed by atoms with Crippen LogP contribution in [0.15, 0.2) is 0 Å². The van der Waals surface area contributed by atoms with Crippen molar-refractivity contribution in [1.29, 1.82) is 0 Å². The van der Waals surface area contributed by atoms with Gasteiger partial charge in [0.05, 0.1) is 6.10 Å². The highest BCUT2D eigenvalue weighted by atomic mass is 16.3. The maximum Gasteiger partial charge on any atom is 0.222 e. The van der Waals surface area contributed by atoms with Gasteiger partial charge in [-0.05, 0) is 32.1 Å². The highest BCUT2D eigenvalue weighted by Gasteiger charge is 2.12. The lowest BCUT2D eigenvalue weighted by Crippen LogP contribution is -2.32. The summed E-state index contributed by atoms with van der Waals surface area (Å²) in [5, 5.41) is 10.2. The van der Waals surface area contributed by atoms with E-state index >= 15 is 0 Å². The van der Waals surface area contributed by atoms with Gasteiger partial charge in [0.15, 0.2) is 0 Å². The first-order valence-electron chi connectivity index (χ1n) is 15.1. The number of aliphatic hydroxyl groups excluding tert-OH is 1. The van der Waals surface area contributed by atoms with Crippen molar-refractivity contribution >= 4 is 5.91 Å². The average Bonchev–Trinajstić information content (AvgIpc) is 2.81. The number of rotatable bonds is 26. The van der Waals surface area contributed by atoms with Crippen LogP contribution in [0.3, 0.4) is 0 Å². The molecular formula is C30H61NO2. The number of amides is 1. The topological polar surface area (TPSA) is 40.5 Å². The summed E-state index contributed by atoms with van der Waals surface area (Å²) < 4.78 is 0. The first-order valence-corrected chi connectivity index (χ1v) is 15.1. The fourth-order valence-corrected chi connectivity index (χ4v) is 4.65. The van der Waals surface area contributed by atoms with Crippen LogP contribution in [0.5, 0.6) is 0 Å². The van der Waals surface area contributed by atoms with Crippen LogP contribution >= 0.6 is 0 Å². The van der Waals surface area contributed by atoms with E-state index in [-0.39, 0.29) is 6.10 Å². The van der Waals surface area contributed by atoms with Crippen LogP contribution < -0.4 is 0 Å². The fraction of sp³-hybridized carbons (Fsp3) is 0.967. The predicted octanol–water partition coefficient (Wildman–Crippen LogP) is 9.21. The molecule has 3 heteroatoms. The lowest BCUT2D eigenvalue weighted by Gasteiger charge is -2.23. The molecule has 0 aliphatic carbocycles. The quantitative estimate of drug-likeness (QED) is 0.129. The van der Waals surface area contributed by atoms with Crippen molar-refractivity contribution in [3.8, 4) is 0 Å². The zero-order valence-electron chi connectivity index (χ0n) is 23.1. The van der Waals surface area contributed by atoms with Crippen LogP contribution in [-0.4, -0.2) is 35.1 Å².